The van der Waals surface area contributed by atoms with Gasteiger partial charge in [-0.25, -0.2) is 6.07 Å². The van der Waals surface area contributed by atoms with Gasteiger partial charge in [0.25, 0.3) is 0 Å². The summed E-state index contributed by atoms with van der Waals surface area (Å²) in [5.74, 6) is 0. The van der Waals surface area contributed by atoms with E-state index in [1.54, 1.807) is 0 Å². The second kappa shape index (κ2) is 11.0. The van der Waals surface area contributed by atoms with Crippen LogP contribution in [0.5, 0.6) is 0 Å². The number of fused-ring (bicyclic) bond motifs is 2. The molecule has 4 heteroatoms. The van der Waals surface area contributed by atoms with E-state index in [2.05, 4.69) is 111 Å². The Morgan fingerprint density at radius 2 is 1.34 bits per heavy atom. The fraction of sp³-hybridized carbons (Fsp3) is 0.120. The molecule has 0 N–H and O–H groups in total. The third-order valence-electron chi connectivity index (χ3n) is 5.22. The molecule has 0 radical (unpaired) electrons. The Bertz CT molecular complexity index is 1020. The number of aromatic nitrogens is 1. The van der Waals surface area contributed by atoms with Crippen LogP contribution in [-0.2, 0) is 26.2 Å². The van der Waals surface area contributed by atoms with Crippen molar-refractivity contribution < 1.29 is 51.0 Å². The number of aryl methyl sites for hydroxylation is 2. The molecule has 4 aromatic carbocycles. The van der Waals surface area contributed by atoms with E-state index in [-0.39, 0.29) is 51.0 Å². The summed E-state index contributed by atoms with van der Waals surface area (Å²) in [5, 5.41) is 5.15. The van der Waals surface area contributed by atoms with Crippen molar-refractivity contribution in [2.24, 2.45) is 0 Å². The summed E-state index contributed by atoms with van der Waals surface area (Å²) in [6, 6.07) is 25.7. The molecule has 1 nitrogen and oxygen atoms in total. The maximum Gasteiger partial charge on any atom is 4.00 e. The largest absolute Gasteiger partial charge is 4.00 e. The molecular weight excluding hydrogens is 476 g/mol. The first-order valence-electron chi connectivity index (χ1n) is 9.04. The van der Waals surface area contributed by atoms with Gasteiger partial charge in [-0.1, -0.05) is 51.1 Å². The predicted molar refractivity (Wildman–Crippen MR) is 113 cm³/mol. The molecule has 146 valence electrons. The molecule has 0 aliphatic carbocycles. The number of hydrogen-bond acceptors (Lipinski definition) is 0. The Labute approximate surface area is 204 Å². The minimum atomic E-state index is 0. The second-order valence-corrected chi connectivity index (χ2v) is 6.96. The minimum absolute atomic E-state index is 0. The van der Waals surface area contributed by atoms with Crippen LogP contribution in [0.15, 0.2) is 85.2 Å². The molecule has 0 aliphatic heterocycles. The SMILES string of the molecule is Cc1cc[c-](C)c1C.[Cl-].[Cl-].[Zr+4].c1ccc2cn(-c3cc4ccccc4[cH-]3)cc2c1. The first-order valence-corrected chi connectivity index (χ1v) is 9.04. The van der Waals surface area contributed by atoms with Crippen molar-refractivity contribution in [3.63, 3.8) is 0 Å². The van der Waals surface area contributed by atoms with Gasteiger partial charge in [0, 0.05) is 12.4 Å². The Kier molecular flexibility index (Phi) is 9.63. The van der Waals surface area contributed by atoms with Crippen molar-refractivity contribution in [1.29, 1.82) is 0 Å². The number of nitrogens with zero attached hydrogens (tertiary/aromatic N) is 1. The molecule has 5 rings (SSSR count). The maximum absolute atomic E-state index is 2.23. The van der Waals surface area contributed by atoms with Gasteiger partial charge < -0.3 is 29.4 Å². The molecule has 0 atom stereocenters. The maximum atomic E-state index is 2.23. The molecule has 0 spiro atoms. The summed E-state index contributed by atoms with van der Waals surface area (Å²) in [6.45, 7) is 6.44. The van der Waals surface area contributed by atoms with E-state index in [0.717, 1.165) is 0 Å². The van der Waals surface area contributed by atoms with Crippen LogP contribution in [0.2, 0.25) is 0 Å². The van der Waals surface area contributed by atoms with Crippen molar-refractivity contribution in [3.05, 3.63) is 102 Å². The van der Waals surface area contributed by atoms with Gasteiger partial charge in [0.1, 0.15) is 0 Å². The predicted octanol–water partition coefficient (Wildman–Crippen LogP) is 0.839. The number of halogens is 2. The molecule has 5 aromatic rings. The monoisotopic (exact) mass is 497 g/mol. The molecule has 0 saturated carbocycles. The van der Waals surface area contributed by atoms with E-state index in [4.69, 9.17) is 0 Å². The Morgan fingerprint density at radius 3 is 1.79 bits per heavy atom. The summed E-state index contributed by atoms with van der Waals surface area (Å²) in [6.07, 6.45) is 4.37. The quantitative estimate of drug-likeness (QED) is 0.302. The van der Waals surface area contributed by atoms with Crippen LogP contribution in [0, 0.1) is 20.8 Å². The smallest absolute Gasteiger partial charge is 1.00 e. The molecule has 0 fully saturated rings. The summed E-state index contributed by atoms with van der Waals surface area (Å²) in [4.78, 5) is 0. The van der Waals surface area contributed by atoms with E-state index in [1.165, 1.54) is 43.9 Å². The molecule has 0 saturated heterocycles. The first-order chi connectivity index (χ1) is 12.6. The van der Waals surface area contributed by atoms with Crippen molar-refractivity contribution in [3.8, 4) is 5.69 Å². The average Bonchev–Trinajstić information content (AvgIpc) is 3.35. The molecular formula is C25H23Cl2NZr. The molecule has 1 heterocycles. The molecule has 0 bridgehead atoms. The fourth-order valence-electron chi connectivity index (χ4n) is 3.33. The summed E-state index contributed by atoms with van der Waals surface area (Å²) >= 11 is 0. The van der Waals surface area contributed by atoms with Gasteiger partial charge >= 0.3 is 26.2 Å². The standard InChI is InChI=1S/C17H12N.C8H11.2ClH.Zr/c1-2-6-14-10-17(9-13(14)5-1)18-11-15-7-3-4-8-16(15)12-18;1-6-4-5-7(2)8(6)3;;;/h1-12H;4-5H,1-3H3;2*1H;/q2*-1;;;+4/p-2. The average molecular weight is 500 g/mol. The number of hydrogen-bond donors (Lipinski definition) is 0. The van der Waals surface area contributed by atoms with E-state index < -0.39 is 0 Å². The van der Waals surface area contributed by atoms with Crippen LogP contribution in [-0.4, -0.2) is 4.57 Å². The van der Waals surface area contributed by atoms with Crippen molar-refractivity contribution in [2.45, 2.75) is 20.8 Å². The van der Waals surface area contributed by atoms with Crippen molar-refractivity contribution in [1.82, 2.24) is 4.57 Å². The Morgan fingerprint density at radius 1 is 0.793 bits per heavy atom. The van der Waals surface area contributed by atoms with Crippen LogP contribution in [0.3, 0.4) is 0 Å². The molecule has 0 aliphatic rings. The van der Waals surface area contributed by atoms with Crippen molar-refractivity contribution in [2.75, 3.05) is 0 Å². The zero-order valence-corrected chi connectivity index (χ0v) is 20.8. The molecule has 0 unspecified atom stereocenters. The second-order valence-electron chi connectivity index (χ2n) is 6.96. The van der Waals surface area contributed by atoms with Crippen LogP contribution < -0.4 is 24.8 Å². The molecule has 1 aromatic heterocycles. The van der Waals surface area contributed by atoms with Gasteiger partial charge in [-0.15, -0.1) is 41.1 Å². The fourth-order valence-corrected chi connectivity index (χ4v) is 3.33. The number of rotatable bonds is 1. The topological polar surface area (TPSA) is 4.93 Å². The van der Waals surface area contributed by atoms with E-state index in [1.807, 2.05) is 0 Å². The van der Waals surface area contributed by atoms with Crippen LogP contribution in [0.4, 0.5) is 0 Å². The van der Waals surface area contributed by atoms with Gasteiger partial charge in [-0.05, 0) is 16.5 Å². The zero-order valence-electron chi connectivity index (χ0n) is 16.8. The van der Waals surface area contributed by atoms with Crippen LogP contribution in [0.25, 0.3) is 27.2 Å². The Hall–Kier alpha value is -1.60. The molecule has 0 amide bonds. The molecule has 29 heavy (non-hydrogen) atoms. The summed E-state index contributed by atoms with van der Waals surface area (Å²) in [5.41, 5.74) is 5.47. The van der Waals surface area contributed by atoms with Crippen LogP contribution in [0.1, 0.15) is 16.7 Å². The van der Waals surface area contributed by atoms with Gasteiger partial charge in [0.05, 0.1) is 0 Å². The van der Waals surface area contributed by atoms with Crippen LogP contribution >= 0.6 is 0 Å². The number of benzene rings is 2. The van der Waals surface area contributed by atoms with E-state index in [9.17, 15) is 0 Å². The van der Waals surface area contributed by atoms with Crippen molar-refractivity contribution >= 4 is 21.5 Å². The van der Waals surface area contributed by atoms with Gasteiger partial charge in [0.2, 0.25) is 0 Å². The van der Waals surface area contributed by atoms with Gasteiger partial charge in [-0.2, -0.15) is 22.8 Å². The minimum Gasteiger partial charge on any atom is -1.00 e. The summed E-state index contributed by atoms with van der Waals surface area (Å²) < 4.78 is 2.20. The first kappa shape index (κ1) is 25.4. The zero-order chi connectivity index (χ0) is 18.1. The van der Waals surface area contributed by atoms with E-state index >= 15 is 0 Å². The third kappa shape index (κ3) is 5.51. The van der Waals surface area contributed by atoms with E-state index in [0.29, 0.717) is 0 Å². The van der Waals surface area contributed by atoms with Gasteiger partial charge in [-0.3, -0.25) is 0 Å². The normalized spacial score (nSPS) is 9.76. The van der Waals surface area contributed by atoms with Gasteiger partial charge in [0.15, 0.2) is 0 Å². The Balaban J connectivity index is 0.000000332. The third-order valence-corrected chi connectivity index (χ3v) is 5.22. The summed E-state index contributed by atoms with van der Waals surface area (Å²) in [7, 11) is 0.